The Morgan fingerprint density at radius 2 is 1.85 bits per heavy atom. The molecule has 2 rings (SSSR count). The summed E-state index contributed by atoms with van der Waals surface area (Å²) in [6.45, 7) is 7.12. The molecular weight excluding hydrogens is 324 g/mol. The van der Waals surface area contributed by atoms with Gasteiger partial charge in [-0.25, -0.2) is 0 Å². The van der Waals surface area contributed by atoms with E-state index in [1.54, 1.807) is 0 Å². The SMILES string of the molecule is CCCCCC/C=C/c1ccc(CCC2(N)COC(C)(C)OC2)cc1N. The first-order valence-electron chi connectivity index (χ1n) is 9.95. The van der Waals surface area contributed by atoms with Crippen LogP contribution in [0, 0.1) is 0 Å². The number of rotatable bonds is 9. The second-order valence-electron chi connectivity index (χ2n) is 8.05. The fourth-order valence-electron chi connectivity index (χ4n) is 3.09. The van der Waals surface area contributed by atoms with Gasteiger partial charge in [-0.15, -0.1) is 0 Å². The van der Waals surface area contributed by atoms with Crippen LogP contribution in [0.3, 0.4) is 0 Å². The molecule has 4 N–H and O–H groups in total. The minimum absolute atomic E-state index is 0.429. The van der Waals surface area contributed by atoms with E-state index in [2.05, 4.69) is 37.3 Å². The van der Waals surface area contributed by atoms with E-state index in [-0.39, 0.29) is 0 Å². The number of hydrogen-bond acceptors (Lipinski definition) is 4. The van der Waals surface area contributed by atoms with Crippen molar-refractivity contribution in [3.05, 3.63) is 35.4 Å². The predicted octanol–water partition coefficient (Wildman–Crippen LogP) is 4.67. The molecule has 146 valence electrons. The molecule has 0 aromatic heterocycles. The summed E-state index contributed by atoms with van der Waals surface area (Å²) < 4.78 is 11.4. The van der Waals surface area contributed by atoms with E-state index >= 15 is 0 Å². The van der Waals surface area contributed by atoms with E-state index < -0.39 is 11.3 Å². The highest BCUT2D eigenvalue weighted by Crippen LogP contribution is 2.26. The van der Waals surface area contributed by atoms with Crippen molar-refractivity contribution in [2.45, 2.75) is 77.0 Å². The number of nitrogen functional groups attached to an aromatic ring is 1. The Kier molecular flexibility index (Phi) is 7.69. The van der Waals surface area contributed by atoms with Crippen molar-refractivity contribution < 1.29 is 9.47 Å². The fourth-order valence-corrected chi connectivity index (χ4v) is 3.09. The zero-order valence-corrected chi connectivity index (χ0v) is 16.7. The first-order valence-corrected chi connectivity index (χ1v) is 9.95. The minimum Gasteiger partial charge on any atom is -0.398 e. The lowest BCUT2D eigenvalue weighted by Crippen LogP contribution is -2.57. The lowest BCUT2D eigenvalue weighted by atomic mass is 9.92. The van der Waals surface area contributed by atoms with Gasteiger partial charge in [-0.1, -0.05) is 50.5 Å². The molecule has 0 spiro atoms. The first kappa shape index (κ1) is 20.9. The molecule has 0 bridgehead atoms. The third-order valence-corrected chi connectivity index (χ3v) is 5.00. The Labute approximate surface area is 158 Å². The Bertz CT molecular complexity index is 586. The van der Waals surface area contributed by atoms with E-state index in [0.717, 1.165) is 30.5 Å². The Morgan fingerprint density at radius 1 is 1.12 bits per heavy atom. The first-order chi connectivity index (χ1) is 12.3. The third kappa shape index (κ3) is 6.75. The number of anilines is 1. The summed E-state index contributed by atoms with van der Waals surface area (Å²) in [6, 6.07) is 6.31. The zero-order chi connectivity index (χ0) is 19.0. The second kappa shape index (κ2) is 9.54. The van der Waals surface area contributed by atoms with Crippen LogP contribution in [0.1, 0.15) is 70.4 Å². The molecule has 4 heteroatoms. The number of ether oxygens (including phenoxy) is 2. The lowest BCUT2D eigenvalue weighted by molar-refractivity contribution is -0.267. The summed E-state index contributed by atoms with van der Waals surface area (Å²) in [7, 11) is 0. The van der Waals surface area contributed by atoms with Gasteiger partial charge in [-0.2, -0.15) is 0 Å². The molecule has 1 heterocycles. The van der Waals surface area contributed by atoms with Gasteiger partial charge in [0.05, 0.1) is 18.8 Å². The fraction of sp³-hybridized carbons (Fsp3) is 0.636. The molecule has 1 saturated heterocycles. The molecule has 0 saturated carbocycles. The molecule has 1 fully saturated rings. The van der Waals surface area contributed by atoms with Crippen LogP contribution >= 0.6 is 0 Å². The monoisotopic (exact) mass is 360 g/mol. The zero-order valence-electron chi connectivity index (χ0n) is 16.7. The number of nitrogens with two attached hydrogens (primary N) is 2. The maximum Gasteiger partial charge on any atom is 0.162 e. The highest BCUT2D eigenvalue weighted by atomic mass is 16.7. The summed E-state index contributed by atoms with van der Waals surface area (Å²) in [6.07, 6.45) is 12.3. The minimum atomic E-state index is -0.530. The predicted molar refractivity (Wildman–Crippen MR) is 110 cm³/mol. The van der Waals surface area contributed by atoms with Gasteiger partial charge in [0.25, 0.3) is 0 Å². The van der Waals surface area contributed by atoms with Crippen LogP contribution in [0.25, 0.3) is 6.08 Å². The highest BCUT2D eigenvalue weighted by molar-refractivity contribution is 5.65. The van der Waals surface area contributed by atoms with E-state index in [0.29, 0.717) is 13.2 Å². The number of benzene rings is 1. The molecule has 0 radical (unpaired) electrons. The largest absolute Gasteiger partial charge is 0.398 e. The molecule has 0 unspecified atom stereocenters. The second-order valence-corrected chi connectivity index (χ2v) is 8.05. The average molecular weight is 361 g/mol. The average Bonchev–Trinajstić information content (AvgIpc) is 2.61. The van der Waals surface area contributed by atoms with Crippen molar-refractivity contribution >= 4 is 11.8 Å². The van der Waals surface area contributed by atoms with Gasteiger partial charge in [-0.3, -0.25) is 0 Å². The van der Waals surface area contributed by atoms with Crippen molar-refractivity contribution in [1.82, 2.24) is 0 Å². The van der Waals surface area contributed by atoms with Crippen LogP contribution < -0.4 is 11.5 Å². The smallest absolute Gasteiger partial charge is 0.162 e. The van der Waals surface area contributed by atoms with E-state index in [9.17, 15) is 0 Å². The maximum absolute atomic E-state index is 6.42. The number of aryl methyl sites for hydroxylation is 1. The van der Waals surface area contributed by atoms with Crippen LogP contribution in [0.15, 0.2) is 24.3 Å². The van der Waals surface area contributed by atoms with Gasteiger partial charge >= 0.3 is 0 Å². The lowest BCUT2D eigenvalue weighted by Gasteiger charge is -2.41. The standard InChI is InChI=1S/C22H36N2O2/c1-4-5-6-7-8-9-10-19-12-11-18(15-20(19)23)13-14-22(24)16-25-21(2,3)26-17-22/h9-12,15H,4-8,13-14,16-17,23-24H2,1-3H3/b10-9+. The van der Waals surface area contributed by atoms with Gasteiger partial charge in [0.15, 0.2) is 5.79 Å². The summed E-state index contributed by atoms with van der Waals surface area (Å²) in [5, 5.41) is 0. The van der Waals surface area contributed by atoms with Crippen molar-refractivity contribution in [2.24, 2.45) is 5.73 Å². The van der Waals surface area contributed by atoms with Gasteiger partial charge in [-0.05, 0) is 56.7 Å². The summed E-state index contributed by atoms with van der Waals surface area (Å²) in [5.74, 6) is -0.530. The van der Waals surface area contributed by atoms with E-state index in [1.807, 2.05) is 13.8 Å². The molecule has 26 heavy (non-hydrogen) atoms. The van der Waals surface area contributed by atoms with Crippen LogP contribution in [-0.2, 0) is 15.9 Å². The number of unbranched alkanes of at least 4 members (excludes halogenated alkanes) is 4. The van der Waals surface area contributed by atoms with Crippen LogP contribution in [0.4, 0.5) is 5.69 Å². The van der Waals surface area contributed by atoms with E-state index in [4.69, 9.17) is 20.9 Å². The maximum atomic E-state index is 6.42. The van der Waals surface area contributed by atoms with Crippen LogP contribution in [0.5, 0.6) is 0 Å². The van der Waals surface area contributed by atoms with Crippen molar-refractivity contribution in [3.63, 3.8) is 0 Å². The van der Waals surface area contributed by atoms with Gasteiger partial charge in [0.2, 0.25) is 0 Å². The van der Waals surface area contributed by atoms with E-state index in [1.165, 1.54) is 31.2 Å². The summed E-state index contributed by atoms with van der Waals surface area (Å²) in [5.41, 5.74) is 15.3. The Hall–Kier alpha value is -1.36. The molecule has 4 nitrogen and oxygen atoms in total. The quantitative estimate of drug-likeness (QED) is 0.496. The third-order valence-electron chi connectivity index (χ3n) is 5.00. The van der Waals surface area contributed by atoms with Crippen molar-refractivity contribution in [1.29, 1.82) is 0 Å². The summed E-state index contributed by atoms with van der Waals surface area (Å²) in [4.78, 5) is 0. The van der Waals surface area contributed by atoms with Crippen LogP contribution in [0.2, 0.25) is 0 Å². The van der Waals surface area contributed by atoms with Crippen LogP contribution in [-0.4, -0.2) is 24.5 Å². The van der Waals surface area contributed by atoms with Gasteiger partial charge < -0.3 is 20.9 Å². The molecule has 1 aliphatic heterocycles. The molecule has 0 amide bonds. The molecule has 1 aliphatic rings. The van der Waals surface area contributed by atoms with Gasteiger partial charge in [0, 0.05) is 5.69 Å². The molecule has 0 atom stereocenters. The highest BCUT2D eigenvalue weighted by Gasteiger charge is 2.36. The van der Waals surface area contributed by atoms with Crippen molar-refractivity contribution in [3.8, 4) is 0 Å². The molecule has 1 aromatic rings. The van der Waals surface area contributed by atoms with Crippen molar-refractivity contribution in [2.75, 3.05) is 18.9 Å². The molecule has 0 aliphatic carbocycles. The number of allylic oxidation sites excluding steroid dienone is 1. The number of hydrogen-bond donors (Lipinski definition) is 2. The molecular formula is C22H36N2O2. The van der Waals surface area contributed by atoms with Gasteiger partial charge in [0.1, 0.15) is 0 Å². The topological polar surface area (TPSA) is 70.5 Å². The molecule has 1 aromatic carbocycles. The Morgan fingerprint density at radius 3 is 2.50 bits per heavy atom. The normalized spacial score (nSPS) is 19.1. The summed E-state index contributed by atoms with van der Waals surface area (Å²) >= 11 is 0. The Balaban J connectivity index is 1.82.